The number of hydrogen-bond donors (Lipinski definition) is 1. The van der Waals surface area contributed by atoms with Crippen LogP contribution in [0.2, 0.25) is 0 Å². The number of likely N-dealkylation sites (tertiary alicyclic amines) is 1. The van der Waals surface area contributed by atoms with Crippen LogP contribution in [0.25, 0.3) is 0 Å². The van der Waals surface area contributed by atoms with Gasteiger partial charge in [0.1, 0.15) is 5.60 Å². The quantitative estimate of drug-likeness (QED) is 0.909. The van der Waals surface area contributed by atoms with Crippen molar-refractivity contribution in [2.45, 2.75) is 58.2 Å². The Morgan fingerprint density at radius 1 is 1.48 bits per heavy atom. The van der Waals surface area contributed by atoms with E-state index in [4.69, 9.17) is 10.5 Å². The van der Waals surface area contributed by atoms with Gasteiger partial charge in [-0.1, -0.05) is 6.07 Å². The summed E-state index contributed by atoms with van der Waals surface area (Å²) in [4.78, 5) is 18.4. The molecule has 0 bridgehead atoms. The molecule has 1 amide bonds. The highest BCUT2D eigenvalue weighted by molar-refractivity contribution is 5.69. The third-order valence-electron chi connectivity index (χ3n) is 3.62. The number of carbonyl (C=O) groups is 1. The molecule has 5 nitrogen and oxygen atoms in total. The number of amides is 1. The molecule has 5 heteroatoms. The Labute approximate surface area is 126 Å². The van der Waals surface area contributed by atoms with Crippen LogP contribution in [0.15, 0.2) is 18.3 Å². The summed E-state index contributed by atoms with van der Waals surface area (Å²) < 4.78 is 5.47. The Morgan fingerprint density at radius 2 is 2.19 bits per heavy atom. The lowest BCUT2D eigenvalue weighted by Gasteiger charge is -2.31. The molecule has 0 aliphatic carbocycles. The third-order valence-corrected chi connectivity index (χ3v) is 3.62. The lowest BCUT2D eigenvalue weighted by atomic mass is 10.0. The van der Waals surface area contributed by atoms with Crippen molar-refractivity contribution in [1.82, 2.24) is 9.88 Å². The molecule has 1 aliphatic rings. The second-order valence-electron chi connectivity index (χ2n) is 6.67. The van der Waals surface area contributed by atoms with Crippen LogP contribution >= 0.6 is 0 Å². The van der Waals surface area contributed by atoms with E-state index in [0.29, 0.717) is 6.54 Å². The standard InChI is InChI=1S/C16H25N3O2/c1-11-7-8-12(18-10-11)14(17)13-6-5-9-19(13)15(20)21-16(2,3)4/h7-8,10,13-14H,5-6,9,17H2,1-4H3. The first-order chi connectivity index (χ1) is 9.78. The topological polar surface area (TPSA) is 68.5 Å². The highest BCUT2D eigenvalue weighted by Gasteiger charge is 2.36. The molecule has 21 heavy (non-hydrogen) atoms. The first-order valence-electron chi connectivity index (χ1n) is 7.46. The van der Waals surface area contributed by atoms with Crippen LogP contribution in [0.4, 0.5) is 4.79 Å². The van der Waals surface area contributed by atoms with Gasteiger partial charge < -0.3 is 15.4 Å². The normalized spacial score (nSPS) is 20.4. The molecule has 2 rings (SSSR count). The first-order valence-corrected chi connectivity index (χ1v) is 7.46. The summed E-state index contributed by atoms with van der Waals surface area (Å²) in [5, 5.41) is 0. The maximum Gasteiger partial charge on any atom is 0.410 e. The van der Waals surface area contributed by atoms with Gasteiger partial charge in [-0.05, 0) is 52.2 Å². The monoisotopic (exact) mass is 291 g/mol. The Hall–Kier alpha value is -1.62. The van der Waals surface area contributed by atoms with Gasteiger partial charge in [-0.15, -0.1) is 0 Å². The number of aryl methyl sites for hydroxylation is 1. The summed E-state index contributed by atoms with van der Waals surface area (Å²) in [6.07, 6.45) is 3.36. The fourth-order valence-electron chi connectivity index (χ4n) is 2.59. The number of pyridine rings is 1. The molecule has 0 aromatic carbocycles. The minimum absolute atomic E-state index is 0.0462. The molecule has 0 radical (unpaired) electrons. The molecule has 0 spiro atoms. The van der Waals surface area contributed by atoms with Gasteiger partial charge in [0.2, 0.25) is 0 Å². The van der Waals surface area contributed by atoms with E-state index < -0.39 is 5.60 Å². The van der Waals surface area contributed by atoms with Crippen LogP contribution in [0.1, 0.15) is 50.9 Å². The van der Waals surface area contributed by atoms with Crippen LogP contribution in [-0.2, 0) is 4.74 Å². The molecular weight excluding hydrogens is 266 g/mol. The average Bonchev–Trinajstić information content (AvgIpc) is 2.86. The van der Waals surface area contributed by atoms with Crippen LogP contribution in [0.3, 0.4) is 0 Å². The van der Waals surface area contributed by atoms with E-state index >= 15 is 0 Å². The molecule has 1 fully saturated rings. The molecule has 0 saturated carbocycles. The number of rotatable bonds is 2. The zero-order valence-corrected chi connectivity index (χ0v) is 13.3. The van der Waals surface area contributed by atoms with Gasteiger partial charge in [-0.25, -0.2) is 4.79 Å². The molecule has 2 N–H and O–H groups in total. The van der Waals surface area contributed by atoms with Crippen molar-refractivity contribution in [2.24, 2.45) is 5.73 Å². The Kier molecular flexibility index (Phi) is 4.52. The minimum atomic E-state index is -0.490. The summed E-state index contributed by atoms with van der Waals surface area (Å²) >= 11 is 0. The molecule has 2 unspecified atom stereocenters. The molecule has 1 aromatic heterocycles. The van der Waals surface area contributed by atoms with E-state index in [2.05, 4.69) is 4.98 Å². The maximum absolute atomic E-state index is 12.3. The number of aromatic nitrogens is 1. The summed E-state index contributed by atoms with van der Waals surface area (Å²) in [5.41, 5.74) is 7.76. The Bertz CT molecular complexity index is 493. The lowest BCUT2D eigenvalue weighted by Crippen LogP contribution is -2.44. The minimum Gasteiger partial charge on any atom is -0.444 e. The highest BCUT2D eigenvalue weighted by Crippen LogP contribution is 2.28. The SMILES string of the molecule is Cc1ccc(C(N)C2CCCN2C(=O)OC(C)(C)C)nc1. The van der Waals surface area contributed by atoms with Crippen molar-refractivity contribution >= 4 is 6.09 Å². The van der Waals surface area contributed by atoms with Crippen molar-refractivity contribution in [3.63, 3.8) is 0 Å². The van der Waals surface area contributed by atoms with Gasteiger partial charge in [-0.2, -0.15) is 0 Å². The van der Waals surface area contributed by atoms with Gasteiger partial charge in [0.25, 0.3) is 0 Å². The maximum atomic E-state index is 12.3. The molecule has 1 saturated heterocycles. The van der Waals surface area contributed by atoms with Crippen LogP contribution < -0.4 is 5.73 Å². The van der Waals surface area contributed by atoms with Crippen molar-refractivity contribution < 1.29 is 9.53 Å². The van der Waals surface area contributed by atoms with Crippen LogP contribution in [0.5, 0.6) is 0 Å². The second kappa shape index (κ2) is 6.02. The van der Waals surface area contributed by atoms with Crippen molar-refractivity contribution in [2.75, 3.05) is 6.54 Å². The number of ether oxygens (including phenoxy) is 1. The predicted molar refractivity (Wildman–Crippen MR) is 81.9 cm³/mol. The fraction of sp³-hybridized carbons (Fsp3) is 0.625. The van der Waals surface area contributed by atoms with Crippen LogP contribution in [0, 0.1) is 6.92 Å². The lowest BCUT2D eigenvalue weighted by molar-refractivity contribution is 0.0205. The van der Waals surface area contributed by atoms with E-state index in [-0.39, 0.29) is 18.2 Å². The first kappa shape index (κ1) is 15.8. The summed E-state index contributed by atoms with van der Waals surface area (Å²) in [6, 6.07) is 3.61. The van der Waals surface area contributed by atoms with Crippen LogP contribution in [-0.4, -0.2) is 34.2 Å². The fourth-order valence-corrected chi connectivity index (χ4v) is 2.59. The van der Waals surface area contributed by atoms with E-state index in [1.807, 2.05) is 46.0 Å². The molecule has 1 aromatic rings. The number of hydrogen-bond acceptors (Lipinski definition) is 4. The molecule has 1 aliphatic heterocycles. The predicted octanol–water partition coefficient (Wildman–Crippen LogP) is 2.79. The van der Waals surface area contributed by atoms with E-state index in [0.717, 1.165) is 24.1 Å². The van der Waals surface area contributed by atoms with Gasteiger partial charge in [-0.3, -0.25) is 4.98 Å². The summed E-state index contributed by atoms with van der Waals surface area (Å²) in [7, 11) is 0. The van der Waals surface area contributed by atoms with Crippen molar-refractivity contribution in [3.05, 3.63) is 29.6 Å². The molecule has 116 valence electrons. The highest BCUT2D eigenvalue weighted by atomic mass is 16.6. The van der Waals surface area contributed by atoms with Crippen molar-refractivity contribution in [1.29, 1.82) is 0 Å². The summed E-state index contributed by atoms with van der Waals surface area (Å²) in [5.74, 6) is 0. The van der Waals surface area contributed by atoms with E-state index in [1.165, 1.54) is 0 Å². The van der Waals surface area contributed by atoms with Gasteiger partial charge in [0.15, 0.2) is 0 Å². The zero-order chi connectivity index (χ0) is 15.6. The van der Waals surface area contributed by atoms with E-state index in [1.54, 1.807) is 4.90 Å². The Balaban J connectivity index is 2.10. The number of nitrogens with two attached hydrogens (primary N) is 1. The molecule has 2 atom stereocenters. The van der Waals surface area contributed by atoms with Gasteiger partial charge >= 0.3 is 6.09 Å². The van der Waals surface area contributed by atoms with Gasteiger partial charge in [0, 0.05) is 12.7 Å². The zero-order valence-electron chi connectivity index (χ0n) is 13.3. The molecule has 2 heterocycles. The second-order valence-corrected chi connectivity index (χ2v) is 6.67. The third kappa shape index (κ3) is 3.94. The number of nitrogens with zero attached hydrogens (tertiary/aromatic N) is 2. The average molecular weight is 291 g/mol. The largest absolute Gasteiger partial charge is 0.444 e. The molecular formula is C16H25N3O2. The smallest absolute Gasteiger partial charge is 0.410 e. The summed E-state index contributed by atoms with van der Waals surface area (Å²) in [6.45, 7) is 8.30. The van der Waals surface area contributed by atoms with E-state index in [9.17, 15) is 4.79 Å². The van der Waals surface area contributed by atoms with Crippen molar-refractivity contribution in [3.8, 4) is 0 Å². The Morgan fingerprint density at radius 3 is 2.76 bits per heavy atom. The number of carbonyl (C=O) groups excluding carboxylic acids is 1. The van der Waals surface area contributed by atoms with Gasteiger partial charge in [0.05, 0.1) is 17.8 Å².